The number of aliphatic hydroxyl groups is 1. The van der Waals surface area contributed by atoms with E-state index in [1.165, 1.54) is 43.5 Å². The van der Waals surface area contributed by atoms with Crippen LogP contribution in [0.2, 0.25) is 0 Å². The zero-order valence-electron chi connectivity index (χ0n) is 22.0. The van der Waals surface area contributed by atoms with Gasteiger partial charge in [0, 0.05) is 18.4 Å². The standard InChI is InChI=1S/C26H31FN3O6PS/c1-25(2,3)11-12-26(4)18-9-7-15(27)13-17(18)22(31)21(23(26)32)24-28-19-10-8-16(30-38(6,34)35)14-20(19)37(33,29-24)36-5/h7-10,13-14,30-31H,11-12H2,1-6H3,(H,28,29,33). The molecule has 204 valence electrons. The van der Waals surface area contributed by atoms with Crippen molar-refractivity contribution in [2.24, 2.45) is 10.2 Å². The second kappa shape index (κ2) is 9.32. The van der Waals surface area contributed by atoms with Crippen molar-refractivity contribution >= 4 is 51.6 Å². The lowest BCUT2D eigenvalue weighted by Gasteiger charge is -2.38. The third kappa shape index (κ3) is 5.15. The monoisotopic (exact) mass is 563 g/mol. The highest BCUT2D eigenvalue weighted by molar-refractivity contribution is 7.92. The summed E-state index contributed by atoms with van der Waals surface area (Å²) in [4.78, 5) is 14.1. The van der Waals surface area contributed by atoms with Crippen LogP contribution in [0.4, 0.5) is 15.8 Å². The number of rotatable bonds is 6. The Bertz CT molecular complexity index is 1560. The first kappa shape index (κ1) is 28.0. The normalized spacial score (nSPS) is 23.3. The molecule has 1 heterocycles. The molecule has 9 nitrogen and oxygen atoms in total. The highest BCUT2D eigenvalue weighted by atomic mass is 32.2. The van der Waals surface area contributed by atoms with Crippen LogP contribution >= 0.6 is 7.52 Å². The molecule has 3 N–H and O–H groups in total. The van der Waals surface area contributed by atoms with Gasteiger partial charge in [0.25, 0.3) is 0 Å². The first-order valence-corrected chi connectivity index (χ1v) is 15.4. The number of hydrogen-bond donors (Lipinski definition) is 3. The maximum atomic E-state index is 14.3. The van der Waals surface area contributed by atoms with E-state index in [1.54, 1.807) is 6.92 Å². The fourth-order valence-corrected chi connectivity index (χ4v) is 6.76. The topological polar surface area (TPSA) is 134 Å². The molecular formula is C26H31FN3O6PS. The fraction of sp³-hybridized carbons (Fsp3) is 0.385. The van der Waals surface area contributed by atoms with E-state index >= 15 is 0 Å². The predicted molar refractivity (Wildman–Crippen MR) is 147 cm³/mol. The van der Waals surface area contributed by atoms with Crippen molar-refractivity contribution in [1.29, 1.82) is 0 Å². The number of aliphatic hydroxyl groups excluding tert-OH is 1. The first-order valence-electron chi connectivity index (χ1n) is 11.9. The second-order valence-electron chi connectivity index (χ2n) is 11.0. The van der Waals surface area contributed by atoms with Gasteiger partial charge in [-0.15, -0.1) is 0 Å². The Labute approximate surface area is 221 Å². The van der Waals surface area contributed by atoms with Crippen molar-refractivity contribution in [2.75, 3.05) is 23.4 Å². The van der Waals surface area contributed by atoms with Crippen molar-refractivity contribution in [1.82, 2.24) is 0 Å². The van der Waals surface area contributed by atoms with Crippen LogP contribution in [0.25, 0.3) is 5.76 Å². The van der Waals surface area contributed by atoms with E-state index in [0.29, 0.717) is 18.4 Å². The molecule has 2 atom stereocenters. The summed E-state index contributed by atoms with van der Waals surface area (Å²) in [6, 6.07) is 8.20. The van der Waals surface area contributed by atoms with Crippen molar-refractivity contribution in [2.45, 2.75) is 46.0 Å². The molecular weight excluding hydrogens is 532 g/mol. The van der Waals surface area contributed by atoms with Crippen LogP contribution in [0.15, 0.2) is 46.7 Å². The number of ketones is 1. The molecule has 1 aliphatic carbocycles. The summed E-state index contributed by atoms with van der Waals surface area (Å²) in [7, 11) is -6.43. The van der Waals surface area contributed by atoms with Gasteiger partial charge in [-0.05, 0) is 61.1 Å². The minimum absolute atomic E-state index is 0.0858. The number of nitrogens with zero attached hydrogens (tertiary/aromatic N) is 1. The fourth-order valence-electron chi connectivity index (χ4n) is 4.67. The summed E-state index contributed by atoms with van der Waals surface area (Å²) in [6.45, 7) is 7.90. The van der Waals surface area contributed by atoms with E-state index in [2.05, 4.69) is 35.6 Å². The van der Waals surface area contributed by atoms with Gasteiger partial charge in [0.15, 0.2) is 5.78 Å². The molecule has 1 aliphatic heterocycles. The average Bonchev–Trinajstić information content (AvgIpc) is 2.80. The van der Waals surface area contributed by atoms with E-state index in [-0.39, 0.29) is 39.1 Å². The molecule has 38 heavy (non-hydrogen) atoms. The van der Waals surface area contributed by atoms with Crippen LogP contribution in [0.3, 0.4) is 0 Å². The molecule has 0 saturated carbocycles. The van der Waals surface area contributed by atoms with Gasteiger partial charge >= 0.3 is 7.52 Å². The van der Waals surface area contributed by atoms with Crippen molar-refractivity contribution in [3.8, 4) is 0 Å². The zero-order valence-corrected chi connectivity index (χ0v) is 23.8. The molecule has 2 aliphatic rings. The molecule has 2 unspecified atom stereocenters. The van der Waals surface area contributed by atoms with Crippen LogP contribution in [-0.4, -0.2) is 38.5 Å². The molecule has 0 bridgehead atoms. The maximum absolute atomic E-state index is 14.3. The molecule has 4 rings (SSSR count). The number of amidine groups is 1. The number of Topliss-reactive ketones (excluding diaryl/α,β-unsaturated/α-hetero) is 1. The number of nitrogens with one attached hydrogen (secondary N) is 2. The van der Waals surface area contributed by atoms with E-state index in [4.69, 9.17) is 4.52 Å². The molecule has 12 heteroatoms. The maximum Gasteiger partial charge on any atom is 0.348 e. The number of carbonyl (C=O) groups is 1. The van der Waals surface area contributed by atoms with E-state index in [1.807, 2.05) is 0 Å². The van der Waals surface area contributed by atoms with E-state index < -0.39 is 40.3 Å². The van der Waals surface area contributed by atoms with Crippen LogP contribution in [0.5, 0.6) is 0 Å². The summed E-state index contributed by atoms with van der Waals surface area (Å²) in [5.41, 5.74) is -0.379. The summed E-state index contributed by atoms with van der Waals surface area (Å²) in [6.07, 6.45) is 2.06. The van der Waals surface area contributed by atoms with Gasteiger partial charge in [0.2, 0.25) is 10.0 Å². The lowest BCUT2D eigenvalue weighted by Crippen LogP contribution is -2.43. The van der Waals surface area contributed by atoms with Gasteiger partial charge in [-0.25, -0.2) is 12.8 Å². The van der Waals surface area contributed by atoms with Crippen molar-refractivity contribution in [3.63, 3.8) is 0 Å². The largest absolute Gasteiger partial charge is 0.506 e. The van der Waals surface area contributed by atoms with E-state index in [0.717, 1.165) is 6.26 Å². The number of carbonyl (C=O) groups excluding carboxylic acids is 1. The third-order valence-corrected chi connectivity index (χ3v) is 9.29. The SMILES string of the molecule is COP1(=O)N=C(C2=C(O)c3cc(F)ccc3C(C)(CCC(C)(C)C)C2=O)Nc2ccc(NS(C)(=O)=O)cc21. The molecule has 2 aromatic carbocycles. The van der Waals surface area contributed by atoms with Crippen molar-refractivity contribution in [3.05, 3.63) is 58.9 Å². The third-order valence-electron chi connectivity index (χ3n) is 6.75. The van der Waals surface area contributed by atoms with E-state index in [9.17, 15) is 27.3 Å². The molecule has 0 aromatic heterocycles. The highest BCUT2D eigenvalue weighted by Gasteiger charge is 2.47. The van der Waals surface area contributed by atoms with Gasteiger partial charge in [-0.1, -0.05) is 26.8 Å². The Morgan fingerprint density at radius 3 is 2.50 bits per heavy atom. The number of fused-ring (bicyclic) bond motifs is 2. The van der Waals surface area contributed by atoms with Crippen LogP contribution < -0.4 is 15.3 Å². The van der Waals surface area contributed by atoms with Crippen LogP contribution in [0, 0.1) is 11.2 Å². The second-order valence-corrected chi connectivity index (χ2v) is 14.9. The van der Waals surface area contributed by atoms with Gasteiger partial charge in [0.05, 0.1) is 22.7 Å². The lowest BCUT2D eigenvalue weighted by molar-refractivity contribution is -0.120. The summed E-state index contributed by atoms with van der Waals surface area (Å²) in [5.74, 6) is -1.69. The highest BCUT2D eigenvalue weighted by Crippen LogP contribution is 2.53. The Morgan fingerprint density at radius 2 is 1.89 bits per heavy atom. The quantitative estimate of drug-likeness (QED) is 0.415. The number of hydrogen-bond acceptors (Lipinski definition) is 7. The van der Waals surface area contributed by atoms with Gasteiger partial charge in [0.1, 0.15) is 23.0 Å². The minimum Gasteiger partial charge on any atom is -0.506 e. The van der Waals surface area contributed by atoms with Crippen molar-refractivity contribution < 1.29 is 31.8 Å². The summed E-state index contributed by atoms with van der Waals surface area (Å²) >= 11 is 0. The first-order chi connectivity index (χ1) is 17.5. The Morgan fingerprint density at radius 1 is 1.21 bits per heavy atom. The Balaban J connectivity index is 1.88. The van der Waals surface area contributed by atoms with Crippen LogP contribution in [0.1, 0.15) is 51.7 Å². The Hall–Kier alpha value is -3.01. The average molecular weight is 564 g/mol. The minimum atomic E-state index is -4.01. The number of benzene rings is 2. The summed E-state index contributed by atoms with van der Waals surface area (Å²) < 4.78 is 63.3. The van der Waals surface area contributed by atoms with Gasteiger partial charge in [-0.2, -0.15) is 4.76 Å². The predicted octanol–water partition coefficient (Wildman–Crippen LogP) is 5.12. The smallest absolute Gasteiger partial charge is 0.348 e. The zero-order chi connectivity index (χ0) is 28.3. The number of sulfonamides is 1. The lowest BCUT2D eigenvalue weighted by atomic mass is 9.65. The number of anilines is 2. The Kier molecular flexibility index (Phi) is 6.87. The molecule has 2 aromatic rings. The number of halogens is 1. The van der Waals surface area contributed by atoms with Crippen LogP contribution in [-0.2, 0) is 29.3 Å². The summed E-state index contributed by atoms with van der Waals surface area (Å²) in [5, 5.41) is 14.3. The molecule has 0 saturated heterocycles. The molecule has 0 spiro atoms. The van der Waals surface area contributed by atoms with Gasteiger partial charge in [-0.3, -0.25) is 14.1 Å². The van der Waals surface area contributed by atoms with Gasteiger partial charge < -0.3 is 14.9 Å². The molecule has 0 amide bonds. The molecule has 0 radical (unpaired) electrons. The molecule has 0 fully saturated rings.